The summed E-state index contributed by atoms with van der Waals surface area (Å²) in [6.45, 7) is 3.16. The van der Waals surface area contributed by atoms with Gasteiger partial charge >= 0.3 is 5.97 Å². The minimum absolute atomic E-state index is 0.0388. The molecule has 0 aromatic heterocycles. The summed E-state index contributed by atoms with van der Waals surface area (Å²) in [5.74, 6) is -1.25. The second-order valence-corrected chi connectivity index (χ2v) is 9.97. The predicted octanol–water partition coefficient (Wildman–Crippen LogP) is 5.31. The summed E-state index contributed by atoms with van der Waals surface area (Å²) in [7, 11) is -4.07. The Morgan fingerprint density at radius 3 is 2.24 bits per heavy atom. The lowest BCUT2D eigenvalue weighted by atomic mass is 10.2. The van der Waals surface area contributed by atoms with Gasteiger partial charge in [0.2, 0.25) is 5.91 Å². The van der Waals surface area contributed by atoms with Crippen LogP contribution in [0.2, 0.25) is 10.0 Å². The van der Waals surface area contributed by atoms with Crippen LogP contribution < -0.4 is 9.62 Å². The monoisotopic (exact) mass is 520 g/mol. The van der Waals surface area contributed by atoms with Crippen molar-refractivity contribution < 1.29 is 22.7 Å². The summed E-state index contributed by atoms with van der Waals surface area (Å²) in [6, 6.07) is 16.8. The van der Waals surface area contributed by atoms with Crippen LogP contribution in [0.25, 0.3) is 0 Å². The number of ether oxygens (including phenoxy) is 1. The van der Waals surface area contributed by atoms with Crippen LogP contribution in [0, 0.1) is 6.92 Å². The van der Waals surface area contributed by atoms with E-state index in [9.17, 15) is 18.0 Å². The van der Waals surface area contributed by atoms with Gasteiger partial charge in [0.25, 0.3) is 10.0 Å². The average Bonchev–Trinajstić information content (AvgIpc) is 2.80. The molecule has 0 bridgehead atoms. The Balaban J connectivity index is 1.90. The van der Waals surface area contributed by atoms with E-state index in [1.54, 1.807) is 19.1 Å². The molecular weight excluding hydrogens is 499 g/mol. The first kappa shape index (κ1) is 25.6. The molecule has 3 aromatic rings. The van der Waals surface area contributed by atoms with Crippen molar-refractivity contribution in [2.24, 2.45) is 0 Å². The molecule has 178 valence electrons. The fourth-order valence-corrected chi connectivity index (χ4v) is 4.80. The van der Waals surface area contributed by atoms with Gasteiger partial charge in [0.15, 0.2) is 0 Å². The highest BCUT2D eigenvalue weighted by molar-refractivity contribution is 7.92. The first-order valence-electron chi connectivity index (χ1n) is 10.2. The van der Waals surface area contributed by atoms with Crippen molar-refractivity contribution in [2.45, 2.75) is 18.7 Å². The number of nitrogens with zero attached hydrogens (tertiary/aromatic N) is 1. The summed E-state index contributed by atoms with van der Waals surface area (Å²) in [5.41, 5.74) is 1.52. The molecule has 10 heteroatoms. The average molecular weight is 521 g/mol. The minimum atomic E-state index is -4.07. The van der Waals surface area contributed by atoms with Gasteiger partial charge in [-0.15, -0.1) is 0 Å². The molecule has 0 saturated heterocycles. The van der Waals surface area contributed by atoms with E-state index in [1.165, 1.54) is 54.6 Å². The van der Waals surface area contributed by atoms with Crippen LogP contribution in [0.4, 0.5) is 11.4 Å². The van der Waals surface area contributed by atoms with Gasteiger partial charge in [-0.25, -0.2) is 13.2 Å². The van der Waals surface area contributed by atoms with Crippen molar-refractivity contribution in [1.29, 1.82) is 0 Å². The molecule has 0 aliphatic rings. The highest BCUT2D eigenvalue weighted by Gasteiger charge is 2.27. The Morgan fingerprint density at radius 2 is 1.62 bits per heavy atom. The molecule has 3 rings (SSSR count). The Morgan fingerprint density at radius 1 is 0.971 bits per heavy atom. The molecule has 0 radical (unpaired) electrons. The maximum Gasteiger partial charge on any atom is 0.339 e. The molecule has 0 aliphatic heterocycles. The van der Waals surface area contributed by atoms with Crippen LogP contribution in [0.1, 0.15) is 22.8 Å². The number of esters is 1. The van der Waals surface area contributed by atoms with Gasteiger partial charge in [-0.1, -0.05) is 40.9 Å². The predicted molar refractivity (Wildman–Crippen MR) is 133 cm³/mol. The standard InChI is InChI=1S/C24H22Cl2N2O5S/c1-3-33-24(30)21-14-18(8-13-22(21)26)27-23(29)15-28(19-9-6-17(25)7-10-19)34(31,32)20-11-4-16(2)5-12-20/h4-14H,3,15H2,1-2H3,(H,27,29). The van der Waals surface area contributed by atoms with Gasteiger partial charge in [0.1, 0.15) is 6.54 Å². The van der Waals surface area contributed by atoms with E-state index in [-0.39, 0.29) is 33.5 Å². The van der Waals surface area contributed by atoms with Crippen molar-refractivity contribution >= 4 is 56.5 Å². The van der Waals surface area contributed by atoms with E-state index in [4.69, 9.17) is 27.9 Å². The number of hydrogen-bond donors (Lipinski definition) is 1. The number of anilines is 2. The van der Waals surface area contributed by atoms with Gasteiger partial charge in [0.05, 0.1) is 27.8 Å². The largest absolute Gasteiger partial charge is 0.462 e. The lowest BCUT2D eigenvalue weighted by Crippen LogP contribution is -2.38. The number of benzene rings is 3. The van der Waals surface area contributed by atoms with E-state index >= 15 is 0 Å². The second-order valence-electron chi connectivity index (χ2n) is 7.26. The molecule has 0 fully saturated rings. The van der Waals surface area contributed by atoms with Crippen molar-refractivity contribution in [1.82, 2.24) is 0 Å². The van der Waals surface area contributed by atoms with E-state index in [0.29, 0.717) is 5.02 Å². The summed E-state index contributed by atoms with van der Waals surface area (Å²) in [6.07, 6.45) is 0. The summed E-state index contributed by atoms with van der Waals surface area (Å²) in [4.78, 5) is 25.0. The third-order valence-electron chi connectivity index (χ3n) is 4.76. The SMILES string of the molecule is CCOC(=O)c1cc(NC(=O)CN(c2ccc(Cl)cc2)S(=O)(=O)c2ccc(C)cc2)ccc1Cl. The Hall–Kier alpha value is -3.07. The Labute approximate surface area is 208 Å². The first-order valence-corrected chi connectivity index (χ1v) is 12.4. The number of sulfonamides is 1. The van der Waals surface area contributed by atoms with Crippen molar-refractivity contribution in [3.05, 3.63) is 87.9 Å². The smallest absolute Gasteiger partial charge is 0.339 e. The van der Waals surface area contributed by atoms with Crippen molar-refractivity contribution in [3.8, 4) is 0 Å². The highest BCUT2D eigenvalue weighted by atomic mass is 35.5. The fourth-order valence-electron chi connectivity index (χ4n) is 3.06. The van der Waals surface area contributed by atoms with Crippen LogP contribution in [0.3, 0.4) is 0 Å². The van der Waals surface area contributed by atoms with E-state index in [0.717, 1.165) is 9.87 Å². The van der Waals surface area contributed by atoms with Crippen LogP contribution in [0.5, 0.6) is 0 Å². The van der Waals surface area contributed by atoms with Gasteiger partial charge in [-0.3, -0.25) is 9.10 Å². The maximum absolute atomic E-state index is 13.4. The van der Waals surface area contributed by atoms with E-state index < -0.39 is 28.4 Å². The molecule has 0 heterocycles. The maximum atomic E-state index is 13.4. The number of halogens is 2. The van der Waals surface area contributed by atoms with Crippen molar-refractivity contribution in [3.63, 3.8) is 0 Å². The zero-order chi connectivity index (χ0) is 24.9. The number of aryl methyl sites for hydroxylation is 1. The zero-order valence-corrected chi connectivity index (χ0v) is 20.7. The van der Waals surface area contributed by atoms with E-state index in [1.807, 2.05) is 6.92 Å². The summed E-state index contributed by atoms with van der Waals surface area (Å²) < 4.78 is 32.8. The lowest BCUT2D eigenvalue weighted by molar-refractivity contribution is -0.114. The number of carbonyl (C=O) groups is 2. The number of amides is 1. The first-order chi connectivity index (χ1) is 16.1. The number of hydrogen-bond acceptors (Lipinski definition) is 5. The fraction of sp³-hybridized carbons (Fsp3) is 0.167. The number of rotatable bonds is 8. The topological polar surface area (TPSA) is 92.8 Å². The molecule has 0 aliphatic carbocycles. The molecular formula is C24H22Cl2N2O5S. The minimum Gasteiger partial charge on any atom is -0.462 e. The van der Waals surface area contributed by atoms with Gasteiger partial charge < -0.3 is 10.1 Å². The normalized spacial score (nSPS) is 11.1. The molecule has 0 spiro atoms. The third-order valence-corrected chi connectivity index (χ3v) is 7.13. The summed E-state index contributed by atoms with van der Waals surface area (Å²) >= 11 is 12.0. The van der Waals surface area contributed by atoms with Crippen LogP contribution in [-0.4, -0.2) is 33.4 Å². The molecule has 0 saturated carbocycles. The van der Waals surface area contributed by atoms with Gasteiger partial charge in [-0.05, 0) is 68.4 Å². The molecule has 3 aromatic carbocycles. The number of nitrogens with one attached hydrogen (secondary N) is 1. The quantitative estimate of drug-likeness (QED) is 0.406. The molecule has 0 unspecified atom stereocenters. The van der Waals surface area contributed by atoms with Crippen LogP contribution in [-0.2, 0) is 19.6 Å². The van der Waals surface area contributed by atoms with Gasteiger partial charge in [0, 0.05) is 10.7 Å². The molecule has 0 atom stereocenters. The second kappa shape index (κ2) is 10.9. The van der Waals surface area contributed by atoms with E-state index in [2.05, 4.69) is 5.32 Å². The third kappa shape index (κ3) is 6.08. The van der Waals surface area contributed by atoms with Gasteiger partial charge in [-0.2, -0.15) is 0 Å². The lowest BCUT2D eigenvalue weighted by Gasteiger charge is -2.24. The zero-order valence-electron chi connectivity index (χ0n) is 18.4. The molecule has 1 N–H and O–H groups in total. The van der Waals surface area contributed by atoms with Crippen molar-refractivity contribution in [2.75, 3.05) is 22.8 Å². The van der Waals surface area contributed by atoms with Crippen LogP contribution in [0.15, 0.2) is 71.6 Å². The molecule has 34 heavy (non-hydrogen) atoms. The Bertz CT molecular complexity index is 1290. The molecule has 7 nitrogen and oxygen atoms in total. The van der Waals surface area contributed by atoms with Crippen LogP contribution >= 0.6 is 23.2 Å². The highest BCUT2D eigenvalue weighted by Crippen LogP contribution is 2.26. The molecule has 1 amide bonds. The Kier molecular flexibility index (Phi) is 8.19. The summed E-state index contributed by atoms with van der Waals surface area (Å²) in [5, 5.41) is 3.21. The number of carbonyl (C=O) groups excluding carboxylic acids is 2.